The Kier molecular flexibility index (Phi) is 6.75. The molecule has 35 heavy (non-hydrogen) atoms. The lowest BCUT2D eigenvalue weighted by Crippen LogP contribution is -2.50. The number of aryl methyl sites for hydroxylation is 1. The Bertz CT molecular complexity index is 1280. The summed E-state index contributed by atoms with van der Waals surface area (Å²) in [6.45, 7) is 7.08. The summed E-state index contributed by atoms with van der Waals surface area (Å²) in [5.74, 6) is 1.88. The van der Waals surface area contributed by atoms with Crippen molar-refractivity contribution >= 4 is 22.8 Å². The van der Waals surface area contributed by atoms with Gasteiger partial charge in [-0.05, 0) is 30.5 Å². The molecular formula is C28H32N6O. The van der Waals surface area contributed by atoms with Crippen molar-refractivity contribution in [1.82, 2.24) is 24.6 Å². The lowest BCUT2D eigenvalue weighted by Gasteiger charge is -2.37. The molecule has 2 aromatic carbocycles. The Hall–Kier alpha value is -3.74. The smallest absolute Gasteiger partial charge is 0.230 e. The Morgan fingerprint density at radius 2 is 1.60 bits per heavy atom. The van der Waals surface area contributed by atoms with Crippen LogP contribution in [0, 0.1) is 0 Å². The highest BCUT2D eigenvalue weighted by atomic mass is 16.2. The van der Waals surface area contributed by atoms with Gasteiger partial charge in [0, 0.05) is 32.6 Å². The minimum Gasteiger partial charge on any atom is -0.352 e. The van der Waals surface area contributed by atoms with Crippen LogP contribution in [0.3, 0.4) is 0 Å². The number of rotatable bonds is 7. The van der Waals surface area contributed by atoms with E-state index in [2.05, 4.69) is 36.0 Å². The minimum absolute atomic E-state index is 0.0891. The molecule has 0 spiro atoms. The van der Waals surface area contributed by atoms with Crippen LogP contribution in [-0.2, 0) is 11.2 Å². The molecule has 3 heterocycles. The van der Waals surface area contributed by atoms with Crippen LogP contribution in [0.2, 0.25) is 0 Å². The second-order valence-electron chi connectivity index (χ2n) is 9.03. The number of hydrogen-bond donors (Lipinski definition) is 0. The summed E-state index contributed by atoms with van der Waals surface area (Å²) < 4.78 is 1.89. The third-order valence-corrected chi connectivity index (χ3v) is 6.73. The first-order valence-electron chi connectivity index (χ1n) is 12.6. The molecule has 1 aliphatic rings. The summed E-state index contributed by atoms with van der Waals surface area (Å²) in [5.41, 5.74) is 2.91. The van der Waals surface area contributed by atoms with Gasteiger partial charge in [-0.3, -0.25) is 4.79 Å². The SMILES string of the molecule is CCCc1nc(N2CCN(C(=O)[C@H](CC)c3ccccc3)CC2)c2cnn(-c3ccccc3)c2n1. The summed E-state index contributed by atoms with van der Waals surface area (Å²) in [6.07, 6.45) is 4.46. The third-order valence-electron chi connectivity index (χ3n) is 6.73. The Morgan fingerprint density at radius 3 is 2.26 bits per heavy atom. The molecule has 0 N–H and O–H groups in total. The van der Waals surface area contributed by atoms with E-state index < -0.39 is 0 Å². The molecule has 2 aromatic heterocycles. The van der Waals surface area contributed by atoms with Gasteiger partial charge in [0.25, 0.3) is 0 Å². The quantitative estimate of drug-likeness (QED) is 0.396. The van der Waals surface area contributed by atoms with Gasteiger partial charge in [-0.1, -0.05) is 62.4 Å². The number of fused-ring (bicyclic) bond motifs is 1. The normalized spacial score (nSPS) is 14.9. The second-order valence-corrected chi connectivity index (χ2v) is 9.03. The molecule has 1 fully saturated rings. The van der Waals surface area contributed by atoms with E-state index in [4.69, 9.17) is 9.97 Å². The molecule has 0 saturated carbocycles. The van der Waals surface area contributed by atoms with Gasteiger partial charge in [-0.2, -0.15) is 5.10 Å². The van der Waals surface area contributed by atoms with Gasteiger partial charge >= 0.3 is 0 Å². The van der Waals surface area contributed by atoms with E-state index >= 15 is 0 Å². The molecule has 0 bridgehead atoms. The first kappa shape index (κ1) is 23.0. The van der Waals surface area contributed by atoms with Crippen molar-refractivity contribution in [3.8, 4) is 5.69 Å². The molecule has 5 rings (SSSR count). The average molecular weight is 469 g/mol. The minimum atomic E-state index is -0.0891. The van der Waals surface area contributed by atoms with Crippen molar-refractivity contribution in [2.24, 2.45) is 0 Å². The number of piperazine rings is 1. The van der Waals surface area contributed by atoms with Gasteiger partial charge < -0.3 is 9.80 Å². The van der Waals surface area contributed by atoms with Gasteiger partial charge in [0.15, 0.2) is 5.65 Å². The molecule has 1 amide bonds. The van der Waals surface area contributed by atoms with Crippen molar-refractivity contribution in [2.75, 3.05) is 31.1 Å². The van der Waals surface area contributed by atoms with Crippen LogP contribution < -0.4 is 4.90 Å². The predicted octanol–water partition coefficient (Wildman–Crippen LogP) is 4.61. The number of hydrogen-bond acceptors (Lipinski definition) is 5. The van der Waals surface area contributed by atoms with E-state index in [1.165, 1.54) is 0 Å². The molecular weight excluding hydrogens is 436 g/mol. The van der Waals surface area contributed by atoms with Gasteiger partial charge in [-0.25, -0.2) is 14.6 Å². The molecule has 0 aliphatic carbocycles. The van der Waals surface area contributed by atoms with Crippen LogP contribution >= 0.6 is 0 Å². The van der Waals surface area contributed by atoms with Gasteiger partial charge in [-0.15, -0.1) is 0 Å². The Labute approximate surface area is 206 Å². The van der Waals surface area contributed by atoms with Crippen molar-refractivity contribution < 1.29 is 4.79 Å². The second kappa shape index (κ2) is 10.3. The van der Waals surface area contributed by atoms with Gasteiger partial charge in [0.2, 0.25) is 5.91 Å². The summed E-state index contributed by atoms with van der Waals surface area (Å²) in [6, 6.07) is 20.2. The van der Waals surface area contributed by atoms with Crippen molar-refractivity contribution in [3.05, 3.63) is 78.2 Å². The largest absolute Gasteiger partial charge is 0.352 e. The van der Waals surface area contributed by atoms with E-state index in [0.29, 0.717) is 13.1 Å². The van der Waals surface area contributed by atoms with E-state index in [0.717, 1.165) is 66.3 Å². The Morgan fingerprint density at radius 1 is 0.914 bits per heavy atom. The van der Waals surface area contributed by atoms with E-state index in [1.54, 1.807) is 0 Å². The van der Waals surface area contributed by atoms with Crippen molar-refractivity contribution in [1.29, 1.82) is 0 Å². The molecule has 180 valence electrons. The van der Waals surface area contributed by atoms with E-state index in [9.17, 15) is 4.79 Å². The predicted molar refractivity (Wildman–Crippen MR) is 139 cm³/mol. The first-order chi connectivity index (χ1) is 17.2. The lowest BCUT2D eigenvalue weighted by molar-refractivity contribution is -0.133. The fourth-order valence-electron chi connectivity index (χ4n) is 4.87. The molecule has 7 heteroatoms. The van der Waals surface area contributed by atoms with Crippen LogP contribution in [0.15, 0.2) is 66.9 Å². The van der Waals surface area contributed by atoms with Crippen LogP contribution in [0.25, 0.3) is 16.7 Å². The molecule has 4 aromatic rings. The summed E-state index contributed by atoms with van der Waals surface area (Å²) in [4.78, 5) is 27.5. The summed E-state index contributed by atoms with van der Waals surface area (Å²) in [7, 11) is 0. The van der Waals surface area contributed by atoms with E-state index in [1.807, 2.05) is 64.3 Å². The maximum atomic E-state index is 13.4. The highest BCUT2D eigenvalue weighted by Crippen LogP contribution is 2.28. The fraction of sp³-hybridized carbons (Fsp3) is 0.357. The topological polar surface area (TPSA) is 67.2 Å². The van der Waals surface area contributed by atoms with Crippen LogP contribution in [0.1, 0.15) is 44.0 Å². The number of benzene rings is 2. The zero-order valence-corrected chi connectivity index (χ0v) is 20.5. The van der Waals surface area contributed by atoms with Crippen LogP contribution in [0.4, 0.5) is 5.82 Å². The summed E-state index contributed by atoms with van der Waals surface area (Å²) in [5, 5.41) is 5.60. The maximum Gasteiger partial charge on any atom is 0.230 e. The van der Waals surface area contributed by atoms with Gasteiger partial charge in [0.1, 0.15) is 11.6 Å². The lowest BCUT2D eigenvalue weighted by atomic mass is 9.95. The number of carbonyl (C=O) groups is 1. The van der Waals surface area contributed by atoms with Crippen LogP contribution in [-0.4, -0.2) is 56.7 Å². The van der Waals surface area contributed by atoms with E-state index in [-0.39, 0.29) is 11.8 Å². The molecule has 0 unspecified atom stereocenters. The number of carbonyl (C=O) groups excluding carboxylic acids is 1. The van der Waals surface area contributed by atoms with Gasteiger partial charge in [0.05, 0.1) is 23.2 Å². The van der Waals surface area contributed by atoms with Crippen LogP contribution in [0.5, 0.6) is 0 Å². The average Bonchev–Trinajstić information content (AvgIpc) is 3.34. The number of anilines is 1. The van der Waals surface area contributed by atoms with Crippen molar-refractivity contribution in [2.45, 2.75) is 39.0 Å². The fourth-order valence-corrected chi connectivity index (χ4v) is 4.87. The molecule has 7 nitrogen and oxygen atoms in total. The first-order valence-corrected chi connectivity index (χ1v) is 12.6. The molecule has 1 atom stereocenters. The number of nitrogens with zero attached hydrogens (tertiary/aromatic N) is 6. The number of amides is 1. The molecule has 0 radical (unpaired) electrons. The van der Waals surface area contributed by atoms with Crippen molar-refractivity contribution in [3.63, 3.8) is 0 Å². The molecule has 1 aliphatic heterocycles. The standard InChI is InChI=1S/C28H32N6O/c1-3-11-25-30-26(24-20-29-34(27(24)31-25)22-14-9-6-10-15-22)32-16-18-33(19-17-32)28(35)23(4-2)21-12-7-5-8-13-21/h5-10,12-15,20,23H,3-4,11,16-19H2,1-2H3/t23-/m1/s1. The zero-order valence-electron chi connectivity index (χ0n) is 20.5. The monoisotopic (exact) mass is 468 g/mol. The Balaban J connectivity index is 1.40. The highest BCUT2D eigenvalue weighted by molar-refractivity contribution is 5.88. The number of para-hydroxylation sites is 1. The third kappa shape index (κ3) is 4.63. The zero-order chi connectivity index (χ0) is 24.2. The summed E-state index contributed by atoms with van der Waals surface area (Å²) >= 11 is 0. The highest BCUT2D eigenvalue weighted by Gasteiger charge is 2.29. The number of aromatic nitrogens is 4. The molecule has 1 saturated heterocycles. The maximum absolute atomic E-state index is 13.4.